The van der Waals surface area contributed by atoms with Gasteiger partial charge in [0.15, 0.2) is 0 Å². The SMILES string of the molecule is Cc1cc(NC(C)(C)C(C)Cl)ncc1Br. The Morgan fingerprint density at radius 3 is 2.60 bits per heavy atom. The highest BCUT2D eigenvalue weighted by atomic mass is 79.9. The quantitative estimate of drug-likeness (QED) is 0.852. The number of aryl methyl sites for hydroxylation is 1. The Morgan fingerprint density at radius 1 is 1.53 bits per heavy atom. The van der Waals surface area contributed by atoms with Crippen molar-refractivity contribution in [3.8, 4) is 0 Å². The lowest BCUT2D eigenvalue weighted by atomic mass is 10.0. The van der Waals surface area contributed by atoms with E-state index in [0.29, 0.717) is 0 Å². The second-order valence-electron chi connectivity index (χ2n) is 4.28. The number of pyridine rings is 1. The van der Waals surface area contributed by atoms with Crippen LogP contribution in [0.15, 0.2) is 16.7 Å². The fourth-order valence-corrected chi connectivity index (χ4v) is 1.31. The van der Waals surface area contributed by atoms with Gasteiger partial charge in [-0.05, 0) is 55.3 Å². The lowest BCUT2D eigenvalue weighted by Gasteiger charge is -2.29. The van der Waals surface area contributed by atoms with E-state index in [1.165, 1.54) is 0 Å². The van der Waals surface area contributed by atoms with Crippen molar-refractivity contribution in [1.29, 1.82) is 0 Å². The third-order valence-electron chi connectivity index (χ3n) is 2.49. The lowest BCUT2D eigenvalue weighted by molar-refractivity contribution is 0.552. The van der Waals surface area contributed by atoms with Gasteiger partial charge in [-0.2, -0.15) is 0 Å². The average molecular weight is 292 g/mol. The molecule has 1 aromatic heterocycles. The Bertz CT molecular complexity index is 350. The third kappa shape index (κ3) is 3.35. The summed E-state index contributed by atoms with van der Waals surface area (Å²) < 4.78 is 1.02. The van der Waals surface area contributed by atoms with Gasteiger partial charge in [-0.1, -0.05) is 0 Å². The molecule has 4 heteroatoms. The highest BCUT2D eigenvalue weighted by molar-refractivity contribution is 9.10. The summed E-state index contributed by atoms with van der Waals surface area (Å²) in [5.74, 6) is 0.855. The molecule has 0 amide bonds. The zero-order valence-corrected chi connectivity index (χ0v) is 11.8. The first-order chi connectivity index (χ1) is 6.83. The number of aromatic nitrogens is 1. The van der Waals surface area contributed by atoms with Crippen molar-refractivity contribution in [2.24, 2.45) is 0 Å². The summed E-state index contributed by atoms with van der Waals surface area (Å²) in [7, 11) is 0. The van der Waals surface area contributed by atoms with Crippen LogP contribution in [0.25, 0.3) is 0 Å². The molecule has 1 aromatic rings. The topological polar surface area (TPSA) is 24.9 Å². The van der Waals surface area contributed by atoms with E-state index < -0.39 is 0 Å². The monoisotopic (exact) mass is 290 g/mol. The van der Waals surface area contributed by atoms with Gasteiger partial charge in [0.05, 0.1) is 5.38 Å². The molecular formula is C11H16BrClN2. The molecule has 0 aliphatic carbocycles. The molecule has 1 rings (SSSR count). The van der Waals surface area contributed by atoms with Crippen molar-refractivity contribution in [1.82, 2.24) is 4.98 Å². The van der Waals surface area contributed by atoms with Crippen molar-refractivity contribution < 1.29 is 0 Å². The molecule has 1 unspecified atom stereocenters. The van der Waals surface area contributed by atoms with Gasteiger partial charge in [0, 0.05) is 16.2 Å². The standard InChI is InChI=1S/C11H16BrClN2/c1-7-5-10(14-6-9(7)12)15-11(3,4)8(2)13/h5-6,8H,1-4H3,(H,14,15). The van der Waals surface area contributed by atoms with Crippen molar-refractivity contribution in [2.75, 3.05) is 5.32 Å². The molecule has 84 valence electrons. The van der Waals surface area contributed by atoms with Gasteiger partial charge in [-0.25, -0.2) is 4.98 Å². The van der Waals surface area contributed by atoms with Crippen LogP contribution in [0.2, 0.25) is 0 Å². The third-order valence-corrected chi connectivity index (χ3v) is 3.87. The maximum Gasteiger partial charge on any atom is 0.126 e. The average Bonchev–Trinajstić information content (AvgIpc) is 2.10. The fraction of sp³-hybridized carbons (Fsp3) is 0.545. The van der Waals surface area contributed by atoms with Crippen LogP contribution in [-0.4, -0.2) is 15.9 Å². The van der Waals surface area contributed by atoms with Gasteiger partial charge in [-0.3, -0.25) is 0 Å². The minimum Gasteiger partial charge on any atom is -0.364 e. The molecule has 0 fully saturated rings. The van der Waals surface area contributed by atoms with Gasteiger partial charge in [0.2, 0.25) is 0 Å². The van der Waals surface area contributed by atoms with E-state index in [2.05, 4.69) is 40.1 Å². The highest BCUT2D eigenvalue weighted by Gasteiger charge is 2.24. The van der Waals surface area contributed by atoms with E-state index in [0.717, 1.165) is 15.9 Å². The Morgan fingerprint density at radius 2 is 2.13 bits per heavy atom. The maximum absolute atomic E-state index is 6.09. The number of alkyl halides is 1. The fourth-order valence-electron chi connectivity index (χ4n) is 1.04. The predicted octanol–water partition coefficient (Wildman–Crippen LogP) is 3.97. The van der Waals surface area contributed by atoms with Crippen LogP contribution in [0.4, 0.5) is 5.82 Å². The van der Waals surface area contributed by atoms with E-state index in [4.69, 9.17) is 11.6 Å². The van der Waals surface area contributed by atoms with Crippen LogP contribution >= 0.6 is 27.5 Å². The first kappa shape index (κ1) is 12.8. The van der Waals surface area contributed by atoms with E-state index in [1.807, 2.05) is 19.9 Å². The molecule has 1 atom stereocenters. The molecule has 0 saturated carbocycles. The Kier molecular flexibility index (Phi) is 4.01. The number of anilines is 1. The van der Waals surface area contributed by atoms with Gasteiger partial charge in [-0.15, -0.1) is 11.6 Å². The van der Waals surface area contributed by atoms with Gasteiger partial charge < -0.3 is 5.32 Å². The Balaban J connectivity index is 2.86. The van der Waals surface area contributed by atoms with Crippen LogP contribution in [0.1, 0.15) is 26.3 Å². The molecular weight excluding hydrogens is 275 g/mol. The van der Waals surface area contributed by atoms with Crippen LogP contribution in [0, 0.1) is 6.92 Å². The van der Waals surface area contributed by atoms with Crippen LogP contribution in [0.5, 0.6) is 0 Å². The van der Waals surface area contributed by atoms with Crippen LogP contribution in [-0.2, 0) is 0 Å². The largest absolute Gasteiger partial charge is 0.364 e. The second-order valence-corrected chi connectivity index (χ2v) is 5.79. The van der Waals surface area contributed by atoms with Gasteiger partial charge in [0.1, 0.15) is 5.82 Å². The normalized spacial score (nSPS) is 13.7. The van der Waals surface area contributed by atoms with E-state index >= 15 is 0 Å². The number of hydrogen-bond donors (Lipinski definition) is 1. The summed E-state index contributed by atoms with van der Waals surface area (Å²) >= 11 is 9.51. The smallest absolute Gasteiger partial charge is 0.126 e. The molecule has 1 heterocycles. The molecule has 0 spiro atoms. The number of nitrogens with one attached hydrogen (secondary N) is 1. The molecule has 0 radical (unpaired) electrons. The molecule has 0 aliphatic rings. The molecule has 0 bridgehead atoms. The number of rotatable bonds is 3. The van der Waals surface area contributed by atoms with Crippen molar-refractivity contribution in [2.45, 2.75) is 38.6 Å². The summed E-state index contributed by atoms with van der Waals surface area (Å²) in [5.41, 5.74) is 0.986. The highest BCUT2D eigenvalue weighted by Crippen LogP contribution is 2.23. The minimum atomic E-state index is -0.172. The molecule has 0 aromatic carbocycles. The summed E-state index contributed by atoms with van der Waals surface area (Å²) in [4.78, 5) is 4.29. The van der Waals surface area contributed by atoms with Crippen LogP contribution in [0.3, 0.4) is 0 Å². The molecule has 1 N–H and O–H groups in total. The first-order valence-electron chi connectivity index (χ1n) is 4.87. The predicted molar refractivity (Wildman–Crippen MR) is 69.7 cm³/mol. The van der Waals surface area contributed by atoms with Crippen molar-refractivity contribution in [3.05, 3.63) is 22.3 Å². The lowest BCUT2D eigenvalue weighted by Crippen LogP contribution is -2.39. The van der Waals surface area contributed by atoms with E-state index in [9.17, 15) is 0 Å². The number of nitrogens with zero attached hydrogens (tertiary/aromatic N) is 1. The zero-order chi connectivity index (χ0) is 11.6. The molecule has 0 aliphatic heterocycles. The summed E-state index contributed by atoms with van der Waals surface area (Å²) in [6, 6.07) is 2.01. The van der Waals surface area contributed by atoms with Gasteiger partial charge >= 0.3 is 0 Å². The summed E-state index contributed by atoms with van der Waals surface area (Å²) in [6.07, 6.45) is 1.80. The Hall–Kier alpha value is -0.280. The Labute approximate surface area is 105 Å². The zero-order valence-electron chi connectivity index (χ0n) is 9.44. The second kappa shape index (κ2) is 4.71. The van der Waals surface area contributed by atoms with Crippen LogP contribution < -0.4 is 5.32 Å². The summed E-state index contributed by atoms with van der Waals surface area (Å²) in [6.45, 7) is 8.13. The molecule has 0 saturated heterocycles. The summed E-state index contributed by atoms with van der Waals surface area (Å²) in [5, 5.41) is 3.35. The number of hydrogen-bond acceptors (Lipinski definition) is 2. The first-order valence-corrected chi connectivity index (χ1v) is 6.10. The van der Waals surface area contributed by atoms with E-state index in [-0.39, 0.29) is 10.9 Å². The van der Waals surface area contributed by atoms with Gasteiger partial charge in [0.25, 0.3) is 0 Å². The van der Waals surface area contributed by atoms with Crippen molar-refractivity contribution in [3.63, 3.8) is 0 Å². The van der Waals surface area contributed by atoms with Crippen molar-refractivity contribution >= 4 is 33.3 Å². The maximum atomic E-state index is 6.09. The van der Waals surface area contributed by atoms with E-state index in [1.54, 1.807) is 6.20 Å². The minimum absolute atomic E-state index is 0.0308. The number of halogens is 2. The molecule has 2 nitrogen and oxygen atoms in total. The molecule has 15 heavy (non-hydrogen) atoms.